The number of carbonyl (C=O) groups is 1. The fraction of sp³-hybridized carbons (Fsp3) is 0.0800. The molecule has 0 fully saturated rings. The van der Waals surface area contributed by atoms with Crippen molar-refractivity contribution in [1.29, 1.82) is 0 Å². The van der Waals surface area contributed by atoms with Gasteiger partial charge in [-0.3, -0.25) is 9.20 Å². The van der Waals surface area contributed by atoms with Crippen molar-refractivity contribution < 1.29 is 4.79 Å². The van der Waals surface area contributed by atoms with Crippen molar-refractivity contribution in [2.24, 2.45) is 0 Å². The number of nitrogens with zero attached hydrogens (tertiary/aromatic N) is 3. The first-order valence-electron chi connectivity index (χ1n) is 10.3. The zero-order valence-corrected chi connectivity index (χ0v) is 19.3. The predicted molar refractivity (Wildman–Crippen MR) is 135 cm³/mol. The molecule has 5 aromatic rings. The Morgan fingerprint density at radius 3 is 2.67 bits per heavy atom. The van der Waals surface area contributed by atoms with Gasteiger partial charge in [0, 0.05) is 34.9 Å². The van der Waals surface area contributed by atoms with Crippen LogP contribution >= 0.6 is 22.9 Å². The van der Waals surface area contributed by atoms with Crippen LogP contribution in [0.4, 0.5) is 16.5 Å². The summed E-state index contributed by atoms with van der Waals surface area (Å²) in [6, 6.07) is 18.5. The van der Waals surface area contributed by atoms with Gasteiger partial charge in [-0.05, 0) is 55.0 Å². The van der Waals surface area contributed by atoms with Crippen molar-refractivity contribution in [2.75, 3.05) is 11.1 Å². The maximum absolute atomic E-state index is 12.6. The van der Waals surface area contributed by atoms with Crippen molar-refractivity contribution in [3.8, 4) is 11.4 Å². The number of aromatic nitrogens is 3. The van der Waals surface area contributed by atoms with Crippen LogP contribution in [-0.4, -0.2) is 20.2 Å². The number of carbonyl (C=O) groups excluding carboxylic acids is 1. The van der Waals surface area contributed by atoms with E-state index in [9.17, 15) is 4.79 Å². The number of pyridine rings is 1. The van der Waals surface area contributed by atoms with Gasteiger partial charge in [0.2, 0.25) is 0 Å². The average Bonchev–Trinajstić information content (AvgIpc) is 3.38. The number of benzene rings is 2. The third kappa shape index (κ3) is 4.33. The second-order valence-corrected chi connectivity index (χ2v) is 8.95. The molecule has 0 saturated carbocycles. The van der Waals surface area contributed by atoms with E-state index in [4.69, 9.17) is 22.3 Å². The van der Waals surface area contributed by atoms with E-state index in [1.165, 1.54) is 11.3 Å². The topological polar surface area (TPSA) is 85.3 Å². The SMILES string of the molecule is Cc1nc2ccc(Cl)cn2c1-c1csc(Nc2ccc(C(=O)Cc3ccccc3N)cc2)n1. The van der Waals surface area contributed by atoms with E-state index in [0.29, 0.717) is 16.3 Å². The van der Waals surface area contributed by atoms with Crippen LogP contribution in [0.2, 0.25) is 5.02 Å². The maximum atomic E-state index is 12.6. The molecule has 164 valence electrons. The highest BCUT2D eigenvalue weighted by Crippen LogP contribution is 2.30. The first-order chi connectivity index (χ1) is 16.0. The van der Waals surface area contributed by atoms with Crippen LogP contribution in [0, 0.1) is 6.92 Å². The van der Waals surface area contributed by atoms with E-state index in [-0.39, 0.29) is 12.2 Å². The Bertz CT molecular complexity index is 1470. The molecule has 0 aliphatic rings. The standard InChI is InChI=1S/C25H20ClN5OS/c1-15-24(31-13-18(26)8-11-23(31)28-15)21-14-33-25(30-21)29-19-9-6-16(7-10-19)22(32)12-17-4-2-3-5-20(17)27/h2-11,13-14H,12,27H2,1H3,(H,29,30). The molecule has 0 atom stereocenters. The molecule has 3 N–H and O–H groups in total. The van der Waals surface area contributed by atoms with E-state index in [2.05, 4.69) is 10.3 Å². The Kier molecular flexibility index (Phi) is 5.58. The van der Waals surface area contributed by atoms with Gasteiger partial charge in [0.1, 0.15) is 11.3 Å². The predicted octanol–water partition coefficient (Wildman–Crippen LogP) is 6.17. The first-order valence-corrected chi connectivity index (χ1v) is 11.6. The van der Waals surface area contributed by atoms with Gasteiger partial charge in [0.05, 0.1) is 16.4 Å². The second kappa shape index (κ2) is 8.69. The smallest absolute Gasteiger partial charge is 0.187 e. The molecule has 3 aromatic heterocycles. The third-order valence-electron chi connectivity index (χ3n) is 5.37. The minimum absolute atomic E-state index is 0.0257. The molecule has 0 bridgehead atoms. The van der Waals surface area contributed by atoms with Gasteiger partial charge in [-0.2, -0.15) is 0 Å². The van der Waals surface area contributed by atoms with E-state index in [1.807, 2.05) is 77.5 Å². The highest BCUT2D eigenvalue weighted by atomic mass is 35.5. The number of Topliss-reactive ketones (excluding diaryl/α,β-unsaturated/α-hetero) is 1. The summed E-state index contributed by atoms with van der Waals surface area (Å²) in [6.07, 6.45) is 2.12. The number of aryl methyl sites for hydroxylation is 1. The lowest BCUT2D eigenvalue weighted by molar-refractivity contribution is 0.0993. The number of para-hydroxylation sites is 1. The summed E-state index contributed by atoms with van der Waals surface area (Å²) < 4.78 is 1.95. The van der Waals surface area contributed by atoms with Crippen molar-refractivity contribution in [1.82, 2.24) is 14.4 Å². The highest BCUT2D eigenvalue weighted by molar-refractivity contribution is 7.14. The van der Waals surface area contributed by atoms with Crippen LogP contribution in [0.15, 0.2) is 72.2 Å². The molecule has 8 heteroatoms. The van der Waals surface area contributed by atoms with Gasteiger partial charge >= 0.3 is 0 Å². The second-order valence-electron chi connectivity index (χ2n) is 7.66. The Hall–Kier alpha value is -3.68. The van der Waals surface area contributed by atoms with Crippen LogP contribution in [0.5, 0.6) is 0 Å². The van der Waals surface area contributed by atoms with E-state index >= 15 is 0 Å². The monoisotopic (exact) mass is 473 g/mol. The number of anilines is 3. The van der Waals surface area contributed by atoms with Crippen molar-refractivity contribution in [3.63, 3.8) is 0 Å². The minimum atomic E-state index is 0.0257. The molecule has 33 heavy (non-hydrogen) atoms. The van der Waals surface area contributed by atoms with Gasteiger partial charge in [0.15, 0.2) is 10.9 Å². The number of imidazole rings is 1. The Morgan fingerprint density at radius 1 is 1.09 bits per heavy atom. The number of fused-ring (bicyclic) bond motifs is 1. The zero-order valence-electron chi connectivity index (χ0n) is 17.7. The lowest BCUT2D eigenvalue weighted by Gasteiger charge is -2.06. The molecule has 0 saturated heterocycles. The molecular weight excluding hydrogens is 454 g/mol. The van der Waals surface area contributed by atoms with Crippen LogP contribution in [0.3, 0.4) is 0 Å². The number of hydrogen-bond acceptors (Lipinski definition) is 6. The Morgan fingerprint density at radius 2 is 1.88 bits per heavy atom. The molecule has 6 nitrogen and oxygen atoms in total. The quantitative estimate of drug-likeness (QED) is 0.227. The molecule has 3 heterocycles. The number of nitrogens with one attached hydrogen (secondary N) is 1. The fourth-order valence-electron chi connectivity index (χ4n) is 3.72. The van der Waals surface area contributed by atoms with Crippen molar-refractivity contribution in [2.45, 2.75) is 13.3 Å². The lowest BCUT2D eigenvalue weighted by Crippen LogP contribution is -2.05. The van der Waals surface area contributed by atoms with Crippen molar-refractivity contribution >= 4 is 50.9 Å². The molecule has 2 aromatic carbocycles. The van der Waals surface area contributed by atoms with Crippen LogP contribution in [0.1, 0.15) is 21.6 Å². The molecule has 0 aliphatic heterocycles. The highest BCUT2D eigenvalue weighted by Gasteiger charge is 2.15. The zero-order chi connectivity index (χ0) is 22.9. The largest absolute Gasteiger partial charge is 0.398 e. The number of halogens is 1. The van der Waals surface area contributed by atoms with E-state index in [0.717, 1.165) is 39.1 Å². The molecular formula is C25H20ClN5OS. The summed E-state index contributed by atoms with van der Waals surface area (Å²) in [5, 5.41) is 6.68. The molecule has 0 spiro atoms. The lowest BCUT2D eigenvalue weighted by atomic mass is 10.0. The summed E-state index contributed by atoms with van der Waals surface area (Å²) in [5.74, 6) is 0.0257. The Labute approximate surface area is 199 Å². The normalized spacial score (nSPS) is 11.1. The van der Waals surface area contributed by atoms with Crippen molar-refractivity contribution in [3.05, 3.63) is 94.1 Å². The number of nitrogen functional groups attached to an aromatic ring is 1. The Balaban J connectivity index is 1.32. The molecule has 0 unspecified atom stereocenters. The van der Waals surface area contributed by atoms with E-state index in [1.54, 1.807) is 6.07 Å². The molecule has 0 amide bonds. The van der Waals surface area contributed by atoms with Crippen LogP contribution in [-0.2, 0) is 6.42 Å². The van der Waals surface area contributed by atoms with Gasteiger partial charge in [-0.1, -0.05) is 29.8 Å². The van der Waals surface area contributed by atoms with Gasteiger partial charge in [-0.15, -0.1) is 11.3 Å². The number of thiazole rings is 1. The van der Waals surface area contributed by atoms with Crippen LogP contribution < -0.4 is 11.1 Å². The summed E-state index contributed by atoms with van der Waals surface area (Å²) in [7, 11) is 0. The van der Waals surface area contributed by atoms with Gasteiger partial charge in [0.25, 0.3) is 0 Å². The number of ketones is 1. The summed E-state index contributed by atoms with van der Waals surface area (Å²) in [4.78, 5) is 22.0. The number of hydrogen-bond donors (Lipinski definition) is 2. The van der Waals surface area contributed by atoms with E-state index < -0.39 is 0 Å². The molecule has 0 radical (unpaired) electrons. The summed E-state index contributed by atoms with van der Waals surface area (Å²) in [6.45, 7) is 1.96. The maximum Gasteiger partial charge on any atom is 0.187 e. The average molecular weight is 474 g/mol. The summed E-state index contributed by atoms with van der Waals surface area (Å²) >= 11 is 7.68. The van der Waals surface area contributed by atoms with Crippen LogP contribution in [0.25, 0.3) is 17.0 Å². The minimum Gasteiger partial charge on any atom is -0.398 e. The molecule has 5 rings (SSSR count). The first kappa shape index (κ1) is 21.2. The summed E-state index contributed by atoms with van der Waals surface area (Å²) in [5.41, 5.74) is 12.4. The number of nitrogens with two attached hydrogens (primary N) is 1. The third-order valence-corrected chi connectivity index (χ3v) is 6.35. The van der Waals surface area contributed by atoms with Gasteiger partial charge in [-0.25, -0.2) is 9.97 Å². The number of rotatable bonds is 6. The fourth-order valence-corrected chi connectivity index (χ4v) is 4.59. The van der Waals surface area contributed by atoms with Gasteiger partial charge < -0.3 is 11.1 Å². The molecule has 0 aliphatic carbocycles.